The second-order valence-electron chi connectivity index (χ2n) is 6.64. The quantitative estimate of drug-likeness (QED) is 0.423. The number of hydrogen-bond donors (Lipinski definition) is 2. The van der Waals surface area contributed by atoms with Crippen molar-refractivity contribution in [2.75, 3.05) is 19.3 Å². The van der Waals surface area contributed by atoms with E-state index in [4.69, 9.17) is 4.99 Å². The molecule has 6 heteroatoms. The normalized spacial score (nSPS) is 20.7. The summed E-state index contributed by atoms with van der Waals surface area (Å²) in [7, 11) is 0. The molecule has 25 heavy (non-hydrogen) atoms. The number of unbranched alkanes of at least 4 members (excludes halogenated alkanes) is 1. The average molecular weight is 365 g/mol. The molecular formula is C19H32N4OS. The molecule has 1 aromatic heterocycles. The highest BCUT2D eigenvalue weighted by Crippen LogP contribution is 2.27. The van der Waals surface area contributed by atoms with E-state index in [1.165, 1.54) is 19.3 Å². The molecule has 2 unspecified atom stereocenters. The Morgan fingerprint density at radius 2 is 2.20 bits per heavy atom. The summed E-state index contributed by atoms with van der Waals surface area (Å²) in [5.41, 5.74) is 1.11. The Balaban J connectivity index is 1.76. The molecule has 1 aromatic rings. The lowest BCUT2D eigenvalue weighted by Gasteiger charge is -2.17. The highest BCUT2D eigenvalue weighted by molar-refractivity contribution is 7.99. The Hall–Kier alpha value is -1.43. The van der Waals surface area contributed by atoms with Crippen molar-refractivity contribution in [2.45, 2.75) is 63.8 Å². The van der Waals surface area contributed by atoms with Gasteiger partial charge in [-0.05, 0) is 58.3 Å². The van der Waals surface area contributed by atoms with Gasteiger partial charge in [-0.15, -0.1) is 0 Å². The van der Waals surface area contributed by atoms with Crippen molar-refractivity contribution < 1.29 is 0 Å². The molecule has 0 radical (unpaired) electrons. The molecule has 1 aliphatic rings. The van der Waals surface area contributed by atoms with E-state index in [0.29, 0.717) is 6.04 Å². The highest BCUT2D eigenvalue weighted by atomic mass is 32.2. The van der Waals surface area contributed by atoms with Crippen LogP contribution in [0.2, 0.25) is 0 Å². The van der Waals surface area contributed by atoms with Gasteiger partial charge in [0, 0.05) is 42.7 Å². The van der Waals surface area contributed by atoms with Gasteiger partial charge >= 0.3 is 0 Å². The van der Waals surface area contributed by atoms with E-state index in [9.17, 15) is 4.79 Å². The number of thioether (sulfide) groups is 1. The maximum absolute atomic E-state index is 11.9. The fraction of sp³-hybridized carbons (Fsp3) is 0.684. The first-order valence-electron chi connectivity index (χ1n) is 9.38. The first kappa shape index (κ1) is 19.9. The largest absolute Gasteiger partial charge is 0.357 e. The van der Waals surface area contributed by atoms with E-state index in [1.54, 1.807) is 6.07 Å². The Labute approximate surface area is 155 Å². The van der Waals surface area contributed by atoms with E-state index < -0.39 is 0 Å². The highest BCUT2D eigenvalue weighted by Gasteiger charge is 2.24. The predicted octanol–water partition coefficient (Wildman–Crippen LogP) is 2.78. The molecule has 1 saturated carbocycles. The summed E-state index contributed by atoms with van der Waals surface area (Å²) >= 11 is 1.97. The van der Waals surface area contributed by atoms with Crippen LogP contribution in [0.3, 0.4) is 0 Å². The van der Waals surface area contributed by atoms with Crippen molar-refractivity contribution in [1.29, 1.82) is 0 Å². The standard InChI is InChI=1S/C19H32N4OS/c1-4-20-19(22-16-10-11-17(14-16)25-3)21-12-5-6-13-23-15(2)8-7-9-18(23)24/h7-9,16-17H,4-6,10-14H2,1-3H3,(H2,20,21,22). The van der Waals surface area contributed by atoms with Gasteiger partial charge < -0.3 is 15.2 Å². The van der Waals surface area contributed by atoms with Gasteiger partial charge in [-0.25, -0.2) is 0 Å². The van der Waals surface area contributed by atoms with Crippen LogP contribution in [0, 0.1) is 6.92 Å². The van der Waals surface area contributed by atoms with E-state index in [2.05, 4.69) is 23.8 Å². The number of pyridine rings is 1. The van der Waals surface area contributed by atoms with Crippen molar-refractivity contribution >= 4 is 17.7 Å². The monoisotopic (exact) mass is 364 g/mol. The molecule has 0 amide bonds. The maximum atomic E-state index is 11.9. The summed E-state index contributed by atoms with van der Waals surface area (Å²) in [4.78, 5) is 16.6. The second kappa shape index (κ2) is 10.5. The number of aryl methyl sites for hydroxylation is 1. The van der Waals surface area contributed by atoms with Crippen LogP contribution in [0.1, 0.15) is 44.7 Å². The van der Waals surface area contributed by atoms with Crippen LogP contribution >= 0.6 is 11.8 Å². The molecule has 1 fully saturated rings. The molecule has 5 nitrogen and oxygen atoms in total. The number of aliphatic imine (C=N–C) groups is 1. The average Bonchev–Trinajstić information content (AvgIpc) is 3.04. The van der Waals surface area contributed by atoms with Crippen LogP contribution in [0.25, 0.3) is 0 Å². The summed E-state index contributed by atoms with van der Waals surface area (Å²) in [5.74, 6) is 0.933. The molecule has 0 spiro atoms. The number of nitrogens with one attached hydrogen (secondary N) is 2. The predicted molar refractivity (Wildman–Crippen MR) is 109 cm³/mol. The molecule has 140 valence electrons. The van der Waals surface area contributed by atoms with Crippen LogP contribution in [0.4, 0.5) is 0 Å². The second-order valence-corrected chi connectivity index (χ2v) is 7.77. The first-order valence-corrected chi connectivity index (χ1v) is 10.7. The third-order valence-electron chi connectivity index (χ3n) is 4.73. The van der Waals surface area contributed by atoms with Gasteiger partial charge in [0.2, 0.25) is 0 Å². The van der Waals surface area contributed by atoms with Gasteiger partial charge in [0.25, 0.3) is 5.56 Å². The lowest BCUT2D eigenvalue weighted by molar-refractivity contribution is 0.581. The minimum absolute atomic E-state index is 0.0862. The fourth-order valence-electron chi connectivity index (χ4n) is 3.28. The number of guanidine groups is 1. The van der Waals surface area contributed by atoms with Crippen LogP contribution < -0.4 is 16.2 Å². The third kappa shape index (κ3) is 6.42. The summed E-state index contributed by atoms with van der Waals surface area (Å²) in [6.45, 7) is 6.51. The van der Waals surface area contributed by atoms with E-state index >= 15 is 0 Å². The third-order valence-corrected chi connectivity index (χ3v) is 5.83. The lowest BCUT2D eigenvalue weighted by Crippen LogP contribution is -2.42. The van der Waals surface area contributed by atoms with Crippen LogP contribution in [0.5, 0.6) is 0 Å². The number of hydrogen-bond acceptors (Lipinski definition) is 3. The van der Waals surface area contributed by atoms with Crippen LogP contribution in [0.15, 0.2) is 28.0 Å². The molecule has 2 N–H and O–H groups in total. The zero-order chi connectivity index (χ0) is 18.1. The van der Waals surface area contributed by atoms with Crippen molar-refractivity contribution in [3.8, 4) is 0 Å². The molecule has 1 aliphatic carbocycles. The fourth-order valence-corrected chi connectivity index (χ4v) is 4.08. The van der Waals surface area contributed by atoms with Crippen molar-refractivity contribution in [1.82, 2.24) is 15.2 Å². The van der Waals surface area contributed by atoms with Crippen molar-refractivity contribution in [3.63, 3.8) is 0 Å². The molecule has 2 rings (SSSR count). The van der Waals surface area contributed by atoms with Gasteiger partial charge in [-0.2, -0.15) is 11.8 Å². The zero-order valence-electron chi connectivity index (χ0n) is 15.8. The summed E-state index contributed by atoms with van der Waals surface area (Å²) in [6, 6.07) is 5.97. The molecule has 0 aromatic carbocycles. The smallest absolute Gasteiger partial charge is 0.250 e. The van der Waals surface area contributed by atoms with E-state index in [1.807, 2.05) is 35.4 Å². The van der Waals surface area contributed by atoms with E-state index in [-0.39, 0.29) is 5.56 Å². The first-order chi connectivity index (χ1) is 12.1. The van der Waals surface area contributed by atoms with Gasteiger partial charge in [-0.1, -0.05) is 6.07 Å². The molecule has 0 aliphatic heterocycles. The lowest BCUT2D eigenvalue weighted by atomic mass is 10.2. The van der Waals surface area contributed by atoms with Gasteiger partial charge in [0.15, 0.2) is 5.96 Å². The Kier molecular flexibility index (Phi) is 8.38. The van der Waals surface area contributed by atoms with Gasteiger partial charge in [-0.3, -0.25) is 9.79 Å². The number of aromatic nitrogens is 1. The molecule has 0 bridgehead atoms. The summed E-state index contributed by atoms with van der Waals surface area (Å²) in [5, 5.41) is 7.71. The zero-order valence-corrected chi connectivity index (χ0v) is 16.6. The van der Waals surface area contributed by atoms with Crippen molar-refractivity contribution in [3.05, 3.63) is 34.2 Å². The molecule has 0 saturated heterocycles. The topological polar surface area (TPSA) is 58.4 Å². The number of rotatable bonds is 8. The van der Waals surface area contributed by atoms with Gasteiger partial charge in [0.1, 0.15) is 0 Å². The van der Waals surface area contributed by atoms with Crippen LogP contribution in [-0.2, 0) is 6.54 Å². The van der Waals surface area contributed by atoms with Crippen molar-refractivity contribution in [2.24, 2.45) is 4.99 Å². The number of nitrogens with zero attached hydrogens (tertiary/aromatic N) is 2. The molecule has 1 heterocycles. The Bertz CT molecular complexity index is 614. The van der Waals surface area contributed by atoms with E-state index in [0.717, 1.165) is 49.4 Å². The molecule has 2 atom stereocenters. The van der Waals surface area contributed by atoms with Crippen LogP contribution in [-0.4, -0.2) is 41.2 Å². The minimum atomic E-state index is 0.0862. The minimum Gasteiger partial charge on any atom is -0.357 e. The summed E-state index contributed by atoms with van der Waals surface area (Å²) in [6.07, 6.45) is 7.89. The van der Waals surface area contributed by atoms with Gasteiger partial charge in [0.05, 0.1) is 0 Å². The Morgan fingerprint density at radius 3 is 2.88 bits per heavy atom. The SMILES string of the molecule is CCNC(=NCCCCn1c(C)cccc1=O)NC1CCC(SC)C1. The Morgan fingerprint density at radius 1 is 1.36 bits per heavy atom. The summed E-state index contributed by atoms with van der Waals surface area (Å²) < 4.78 is 1.84. The maximum Gasteiger partial charge on any atom is 0.250 e. The molecular weight excluding hydrogens is 332 g/mol.